The summed E-state index contributed by atoms with van der Waals surface area (Å²) < 4.78 is 0. The third-order valence-electron chi connectivity index (χ3n) is 2.81. The molecular formula is C15H11NO2S. The third kappa shape index (κ3) is 2.35. The van der Waals surface area contributed by atoms with Crippen LogP contribution in [0.15, 0.2) is 64.5 Å². The lowest BCUT2D eigenvalue weighted by Gasteiger charge is -2.01. The first-order valence-electron chi connectivity index (χ1n) is 5.81. The number of hydrogen-bond donors (Lipinski definition) is 2. The molecule has 0 spiro atoms. The van der Waals surface area contributed by atoms with Gasteiger partial charge in [-0.2, -0.15) is 0 Å². The summed E-state index contributed by atoms with van der Waals surface area (Å²) in [5, 5.41) is 12.3. The summed E-state index contributed by atoms with van der Waals surface area (Å²) in [6, 6.07) is 14.3. The molecule has 1 aliphatic rings. The van der Waals surface area contributed by atoms with Crippen molar-refractivity contribution in [2.75, 3.05) is 5.32 Å². The molecule has 3 rings (SSSR count). The molecule has 0 unspecified atom stereocenters. The number of phenols is 1. The SMILES string of the molecule is O=C1C(=CNc2ccc(O)cc2)Sc2ccccc21. The molecule has 3 nitrogen and oxygen atoms in total. The van der Waals surface area contributed by atoms with Crippen molar-refractivity contribution in [3.63, 3.8) is 0 Å². The highest BCUT2D eigenvalue weighted by molar-refractivity contribution is 8.04. The van der Waals surface area contributed by atoms with Gasteiger partial charge < -0.3 is 10.4 Å². The molecule has 2 aromatic rings. The van der Waals surface area contributed by atoms with Crippen LogP contribution in [0, 0.1) is 0 Å². The first kappa shape index (κ1) is 11.9. The number of carbonyl (C=O) groups excluding carboxylic acids is 1. The lowest BCUT2D eigenvalue weighted by Crippen LogP contribution is -1.97. The second kappa shape index (κ2) is 4.82. The van der Waals surface area contributed by atoms with E-state index in [1.807, 2.05) is 24.3 Å². The Balaban J connectivity index is 1.80. The molecule has 0 radical (unpaired) electrons. The van der Waals surface area contributed by atoms with Gasteiger partial charge >= 0.3 is 0 Å². The van der Waals surface area contributed by atoms with E-state index in [2.05, 4.69) is 5.32 Å². The van der Waals surface area contributed by atoms with E-state index in [0.29, 0.717) is 4.91 Å². The Morgan fingerprint density at radius 3 is 2.53 bits per heavy atom. The predicted octanol–water partition coefficient (Wildman–Crippen LogP) is 3.63. The predicted molar refractivity (Wildman–Crippen MR) is 76.4 cm³/mol. The highest BCUT2D eigenvalue weighted by Crippen LogP contribution is 2.39. The van der Waals surface area contributed by atoms with Crippen molar-refractivity contribution < 1.29 is 9.90 Å². The number of nitrogens with one attached hydrogen (secondary N) is 1. The summed E-state index contributed by atoms with van der Waals surface area (Å²) in [5.41, 5.74) is 1.58. The van der Waals surface area contributed by atoms with Gasteiger partial charge in [-0.3, -0.25) is 4.79 Å². The van der Waals surface area contributed by atoms with Gasteiger partial charge in [0.1, 0.15) is 5.75 Å². The van der Waals surface area contributed by atoms with E-state index in [-0.39, 0.29) is 11.5 Å². The average molecular weight is 269 g/mol. The van der Waals surface area contributed by atoms with Gasteiger partial charge in [-0.25, -0.2) is 0 Å². The second-order valence-electron chi connectivity index (χ2n) is 4.13. The van der Waals surface area contributed by atoms with E-state index in [1.165, 1.54) is 11.8 Å². The van der Waals surface area contributed by atoms with Crippen LogP contribution in [0.2, 0.25) is 0 Å². The fourth-order valence-corrected chi connectivity index (χ4v) is 2.82. The molecular weight excluding hydrogens is 258 g/mol. The Labute approximate surface area is 115 Å². The minimum atomic E-state index is 0.0480. The maximum absolute atomic E-state index is 12.1. The quantitative estimate of drug-likeness (QED) is 0.645. The molecule has 94 valence electrons. The monoisotopic (exact) mass is 269 g/mol. The van der Waals surface area contributed by atoms with Crippen LogP contribution in [0.3, 0.4) is 0 Å². The Kier molecular flexibility index (Phi) is 3.01. The molecule has 0 aromatic heterocycles. The Hall–Kier alpha value is -2.20. The van der Waals surface area contributed by atoms with Crippen LogP contribution in [0.1, 0.15) is 10.4 Å². The molecule has 1 heterocycles. The number of Topliss-reactive ketones (excluding diaryl/α,β-unsaturated/α-hetero) is 1. The number of ketones is 1. The fourth-order valence-electron chi connectivity index (χ4n) is 1.84. The summed E-state index contributed by atoms with van der Waals surface area (Å²) in [7, 11) is 0. The lowest BCUT2D eigenvalue weighted by atomic mass is 10.1. The molecule has 0 amide bonds. The fraction of sp³-hybridized carbons (Fsp3) is 0. The van der Waals surface area contributed by atoms with Crippen molar-refractivity contribution in [2.24, 2.45) is 0 Å². The highest BCUT2D eigenvalue weighted by Gasteiger charge is 2.24. The van der Waals surface area contributed by atoms with E-state index in [1.54, 1.807) is 30.5 Å². The van der Waals surface area contributed by atoms with E-state index >= 15 is 0 Å². The van der Waals surface area contributed by atoms with Gasteiger partial charge in [0.25, 0.3) is 0 Å². The molecule has 1 aliphatic heterocycles. The zero-order valence-corrected chi connectivity index (χ0v) is 10.8. The summed E-state index contributed by atoms with van der Waals surface area (Å²) in [6.07, 6.45) is 1.71. The normalized spacial score (nSPS) is 15.6. The van der Waals surface area contributed by atoms with Crippen LogP contribution in [-0.2, 0) is 0 Å². The third-order valence-corrected chi connectivity index (χ3v) is 3.91. The molecule has 0 saturated carbocycles. The molecule has 0 atom stereocenters. The van der Waals surface area contributed by atoms with Crippen LogP contribution in [0.4, 0.5) is 5.69 Å². The van der Waals surface area contributed by atoms with E-state index < -0.39 is 0 Å². The van der Waals surface area contributed by atoms with Crippen LogP contribution in [-0.4, -0.2) is 10.9 Å². The van der Waals surface area contributed by atoms with Gasteiger partial charge in [0.2, 0.25) is 5.78 Å². The number of fused-ring (bicyclic) bond motifs is 1. The number of carbonyl (C=O) groups is 1. The van der Waals surface area contributed by atoms with Gasteiger partial charge in [-0.15, -0.1) is 0 Å². The summed E-state index contributed by atoms with van der Waals surface area (Å²) in [5.74, 6) is 0.267. The largest absolute Gasteiger partial charge is 0.508 e. The Bertz CT molecular complexity index is 662. The number of anilines is 1. The maximum Gasteiger partial charge on any atom is 0.202 e. The van der Waals surface area contributed by atoms with E-state index in [4.69, 9.17) is 0 Å². The average Bonchev–Trinajstić information content (AvgIpc) is 2.76. The van der Waals surface area contributed by atoms with Crippen LogP contribution < -0.4 is 5.32 Å². The molecule has 4 heteroatoms. The molecule has 0 saturated heterocycles. The summed E-state index contributed by atoms with van der Waals surface area (Å²) >= 11 is 1.47. The highest BCUT2D eigenvalue weighted by atomic mass is 32.2. The second-order valence-corrected chi connectivity index (χ2v) is 5.21. The van der Waals surface area contributed by atoms with Crippen molar-refractivity contribution in [1.29, 1.82) is 0 Å². The maximum atomic E-state index is 12.1. The smallest absolute Gasteiger partial charge is 0.202 e. The van der Waals surface area contributed by atoms with Crippen molar-refractivity contribution in [3.05, 3.63) is 65.2 Å². The molecule has 0 bridgehead atoms. The van der Waals surface area contributed by atoms with Crippen molar-refractivity contribution in [3.8, 4) is 5.75 Å². The minimum Gasteiger partial charge on any atom is -0.508 e. The van der Waals surface area contributed by atoms with Gasteiger partial charge in [0.05, 0.1) is 4.91 Å². The number of aromatic hydroxyl groups is 1. The molecule has 2 N–H and O–H groups in total. The van der Waals surface area contributed by atoms with E-state index in [9.17, 15) is 9.90 Å². The molecule has 2 aromatic carbocycles. The number of hydrogen-bond acceptors (Lipinski definition) is 4. The van der Waals surface area contributed by atoms with Gasteiger partial charge in [-0.1, -0.05) is 23.9 Å². The van der Waals surface area contributed by atoms with Crippen molar-refractivity contribution in [1.82, 2.24) is 0 Å². The molecule has 19 heavy (non-hydrogen) atoms. The zero-order valence-electron chi connectivity index (χ0n) is 9.96. The molecule has 0 fully saturated rings. The number of benzene rings is 2. The lowest BCUT2D eigenvalue weighted by molar-refractivity contribution is 0.104. The standard InChI is InChI=1S/C15H11NO2S/c17-11-7-5-10(6-8-11)16-9-14-15(18)12-3-1-2-4-13(12)19-14/h1-9,16-17H. The van der Waals surface area contributed by atoms with Crippen LogP contribution in [0.5, 0.6) is 5.75 Å². The van der Waals surface area contributed by atoms with Crippen LogP contribution in [0.25, 0.3) is 0 Å². The topological polar surface area (TPSA) is 49.3 Å². The van der Waals surface area contributed by atoms with E-state index in [0.717, 1.165) is 16.1 Å². The van der Waals surface area contributed by atoms with Crippen LogP contribution >= 0.6 is 11.8 Å². The first-order chi connectivity index (χ1) is 9.24. The number of rotatable bonds is 2. The van der Waals surface area contributed by atoms with Crippen molar-refractivity contribution in [2.45, 2.75) is 4.90 Å². The summed E-state index contributed by atoms with van der Waals surface area (Å²) in [6.45, 7) is 0. The number of phenolic OH excluding ortho intramolecular Hbond substituents is 1. The van der Waals surface area contributed by atoms with Gasteiger partial charge in [0, 0.05) is 22.3 Å². The summed E-state index contributed by atoms with van der Waals surface area (Å²) in [4.78, 5) is 13.8. The number of thioether (sulfide) groups is 1. The minimum absolute atomic E-state index is 0.0480. The number of allylic oxidation sites excluding steroid dienone is 1. The molecule has 0 aliphatic carbocycles. The Morgan fingerprint density at radius 1 is 1.05 bits per heavy atom. The van der Waals surface area contributed by atoms with Gasteiger partial charge in [-0.05, 0) is 36.4 Å². The van der Waals surface area contributed by atoms with Gasteiger partial charge in [0.15, 0.2) is 0 Å². The Morgan fingerprint density at radius 2 is 1.79 bits per heavy atom. The zero-order chi connectivity index (χ0) is 13.2. The first-order valence-corrected chi connectivity index (χ1v) is 6.63. The van der Waals surface area contributed by atoms with Crippen molar-refractivity contribution >= 4 is 23.2 Å².